The summed E-state index contributed by atoms with van der Waals surface area (Å²) in [6, 6.07) is 0. The Morgan fingerprint density at radius 2 is 2.29 bits per heavy atom. The van der Waals surface area contributed by atoms with Crippen LogP contribution in [0.5, 0.6) is 0 Å². The number of nitrogens with two attached hydrogens (primary N) is 1. The summed E-state index contributed by atoms with van der Waals surface area (Å²) in [4.78, 5) is 15.8. The van der Waals surface area contributed by atoms with Gasteiger partial charge in [-0.2, -0.15) is 4.98 Å². The standard InChI is InChI=1S/C14H18N4O4S2/c15-13-10(3-1-5-16-24(20,21)11-8-22-9-11)7-18(14(19)17-13)12-4-2-6-23-12/h7,11-12,16H,2,4-6,8-9H2,(H2,15,17,19)/t12-/m1/s1. The van der Waals surface area contributed by atoms with E-state index in [4.69, 9.17) is 10.5 Å². The third-order valence-electron chi connectivity index (χ3n) is 3.83. The average Bonchev–Trinajstić information content (AvgIpc) is 2.96. The monoisotopic (exact) mass is 370 g/mol. The summed E-state index contributed by atoms with van der Waals surface area (Å²) in [5.74, 6) is 6.57. The first-order chi connectivity index (χ1) is 11.5. The molecular formula is C14H18N4O4S2. The number of ether oxygens (including phenoxy) is 1. The van der Waals surface area contributed by atoms with E-state index in [9.17, 15) is 13.2 Å². The van der Waals surface area contributed by atoms with Crippen LogP contribution in [0, 0.1) is 11.8 Å². The average molecular weight is 370 g/mol. The molecule has 8 nitrogen and oxygen atoms in total. The minimum absolute atomic E-state index is 0.0322. The number of nitrogens with zero attached hydrogens (tertiary/aromatic N) is 2. The Kier molecular flexibility index (Phi) is 5.15. The van der Waals surface area contributed by atoms with Gasteiger partial charge in [-0.3, -0.25) is 4.57 Å². The number of anilines is 1. The van der Waals surface area contributed by atoms with Gasteiger partial charge in [0, 0.05) is 6.20 Å². The molecule has 0 bridgehead atoms. The van der Waals surface area contributed by atoms with Gasteiger partial charge in [-0.25, -0.2) is 17.9 Å². The van der Waals surface area contributed by atoms with Crippen molar-refractivity contribution in [2.24, 2.45) is 0 Å². The van der Waals surface area contributed by atoms with Crippen LogP contribution in [0.2, 0.25) is 0 Å². The van der Waals surface area contributed by atoms with E-state index < -0.39 is 15.3 Å². The Morgan fingerprint density at radius 1 is 1.50 bits per heavy atom. The first-order valence-corrected chi connectivity index (χ1v) is 10.1. The van der Waals surface area contributed by atoms with Crippen LogP contribution in [0.15, 0.2) is 11.0 Å². The summed E-state index contributed by atoms with van der Waals surface area (Å²) in [7, 11) is -3.40. The van der Waals surface area contributed by atoms with Crippen molar-refractivity contribution in [3.63, 3.8) is 0 Å². The zero-order valence-corrected chi connectivity index (χ0v) is 14.5. The number of sulfonamides is 1. The lowest BCUT2D eigenvalue weighted by Crippen LogP contribution is -2.46. The van der Waals surface area contributed by atoms with Crippen LogP contribution >= 0.6 is 11.8 Å². The van der Waals surface area contributed by atoms with Crippen molar-refractivity contribution >= 4 is 27.6 Å². The molecule has 2 fully saturated rings. The molecule has 2 aliphatic rings. The van der Waals surface area contributed by atoms with E-state index in [1.807, 2.05) is 0 Å². The second kappa shape index (κ2) is 7.14. The Labute approximate surface area is 144 Å². The lowest BCUT2D eigenvalue weighted by molar-refractivity contribution is 0.0412. The van der Waals surface area contributed by atoms with Gasteiger partial charge in [-0.05, 0) is 18.6 Å². The predicted molar refractivity (Wildman–Crippen MR) is 92.0 cm³/mol. The van der Waals surface area contributed by atoms with Crippen molar-refractivity contribution in [3.8, 4) is 11.8 Å². The van der Waals surface area contributed by atoms with Gasteiger partial charge in [0.1, 0.15) is 11.1 Å². The van der Waals surface area contributed by atoms with Crippen molar-refractivity contribution in [1.82, 2.24) is 14.3 Å². The van der Waals surface area contributed by atoms with Gasteiger partial charge in [0.25, 0.3) is 0 Å². The molecule has 1 aromatic heterocycles. The summed E-state index contributed by atoms with van der Waals surface area (Å²) in [5.41, 5.74) is 5.79. The molecule has 3 rings (SSSR count). The fourth-order valence-electron chi connectivity index (χ4n) is 2.35. The Bertz CT molecular complexity index is 831. The zero-order valence-electron chi connectivity index (χ0n) is 12.9. The van der Waals surface area contributed by atoms with Crippen LogP contribution in [0.1, 0.15) is 23.8 Å². The van der Waals surface area contributed by atoms with Gasteiger partial charge < -0.3 is 10.5 Å². The van der Waals surface area contributed by atoms with Crippen LogP contribution in [0.4, 0.5) is 5.82 Å². The maximum Gasteiger partial charge on any atom is 0.350 e. The zero-order chi connectivity index (χ0) is 17.2. The van der Waals surface area contributed by atoms with E-state index in [1.54, 1.807) is 22.5 Å². The second-order valence-electron chi connectivity index (χ2n) is 5.52. The molecule has 2 saturated heterocycles. The van der Waals surface area contributed by atoms with Crippen molar-refractivity contribution in [3.05, 3.63) is 22.2 Å². The molecule has 3 N–H and O–H groups in total. The molecule has 0 radical (unpaired) electrons. The summed E-state index contributed by atoms with van der Waals surface area (Å²) in [6.45, 7) is 0.392. The number of aromatic nitrogens is 2. The number of nitrogen functional groups attached to an aromatic ring is 1. The summed E-state index contributed by atoms with van der Waals surface area (Å²) >= 11 is 1.70. The fraction of sp³-hybridized carbons (Fsp3) is 0.571. The van der Waals surface area contributed by atoms with Crippen LogP contribution < -0.4 is 16.1 Å². The molecule has 0 saturated carbocycles. The normalized spacial score (nSPS) is 21.1. The molecule has 0 aliphatic carbocycles. The first-order valence-electron chi connectivity index (χ1n) is 7.53. The molecule has 0 unspecified atom stereocenters. The molecule has 2 aliphatic heterocycles. The largest absolute Gasteiger partial charge is 0.382 e. The lowest BCUT2D eigenvalue weighted by Gasteiger charge is -2.25. The number of thioether (sulfide) groups is 1. The van der Waals surface area contributed by atoms with Crippen molar-refractivity contribution in [2.45, 2.75) is 23.5 Å². The van der Waals surface area contributed by atoms with E-state index >= 15 is 0 Å². The highest BCUT2D eigenvalue weighted by Gasteiger charge is 2.31. The van der Waals surface area contributed by atoms with Gasteiger partial charge in [0.2, 0.25) is 10.0 Å². The van der Waals surface area contributed by atoms with Crippen molar-refractivity contribution in [1.29, 1.82) is 0 Å². The predicted octanol–water partition coefficient (Wildman–Crippen LogP) is -0.479. The Hall–Kier alpha value is -1.54. The Morgan fingerprint density at radius 3 is 2.92 bits per heavy atom. The van der Waals surface area contributed by atoms with E-state index in [-0.39, 0.29) is 36.6 Å². The van der Waals surface area contributed by atoms with E-state index in [0.717, 1.165) is 18.6 Å². The molecule has 130 valence electrons. The smallest absolute Gasteiger partial charge is 0.350 e. The molecule has 24 heavy (non-hydrogen) atoms. The van der Waals surface area contributed by atoms with Gasteiger partial charge >= 0.3 is 5.69 Å². The SMILES string of the molecule is Nc1nc(=O)n([C@H]2CCCS2)cc1C#CCNS(=O)(=O)C1COC1. The van der Waals surface area contributed by atoms with E-state index in [1.165, 1.54) is 0 Å². The molecule has 1 aromatic rings. The third kappa shape index (κ3) is 3.75. The van der Waals surface area contributed by atoms with Gasteiger partial charge in [0.15, 0.2) is 0 Å². The topological polar surface area (TPSA) is 116 Å². The third-order valence-corrected chi connectivity index (χ3v) is 6.90. The molecule has 10 heteroatoms. The lowest BCUT2D eigenvalue weighted by atomic mass is 10.3. The number of nitrogens with one attached hydrogen (secondary N) is 1. The number of hydrogen-bond acceptors (Lipinski definition) is 7. The maximum atomic E-state index is 12.0. The molecule has 0 amide bonds. The minimum atomic E-state index is -3.40. The highest BCUT2D eigenvalue weighted by Crippen LogP contribution is 2.34. The van der Waals surface area contributed by atoms with E-state index in [2.05, 4.69) is 21.5 Å². The second-order valence-corrected chi connectivity index (χ2v) is 8.86. The maximum absolute atomic E-state index is 12.0. The number of hydrogen-bond donors (Lipinski definition) is 2. The van der Waals surface area contributed by atoms with Crippen molar-refractivity contribution < 1.29 is 13.2 Å². The first kappa shape index (κ1) is 17.3. The quantitative estimate of drug-likeness (QED) is 0.688. The van der Waals surface area contributed by atoms with Gasteiger partial charge in [-0.1, -0.05) is 11.8 Å². The highest BCUT2D eigenvalue weighted by molar-refractivity contribution is 7.99. The van der Waals surface area contributed by atoms with Crippen LogP contribution in [-0.4, -0.2) is 48.7 Å². The number of rotatable bonds is 4. The van der Waals surface area contributed by atoms with Crippen LogP contribution in [0.25, 0.3) is 0 Å². The van der Waals surface area contributed by atoms with Gasteiger partial charge in [-0.15, -0.1) is 11.8 Å². The summed E-state index contributed by atoms with van der Waals surface area (Å²) in [6.07, 6.45) is 3.57. The fourth-order valence-corrected chi connectivity index (χ4v) is 4.66. The highest BCUT2D eigenvalue weighted by atomic mass is 32.2. The van der Waals surface area contributed by atoms with Crippen LogP contribution in [-0.2, 0) is 14.8 Å². The Balaban J connectivity index is 1.71. The summed E-state index contributed by atoms with van der Waals surface area (Å²) in [5, 5.41) is -0.449. The molecule has 3 heterocycles. The van der Waals surface area contributed by atoms with Gasteiger partial charge in [0.05, 0.1) is 30.7 Å². The molecule has 1 atom stereocenters. The van der Waals surface area contributed by atoms with E-state index in [0.29, 0.717) is 5.56 Å². The molecule has 0 aromatic carbocycles. The summed E-state index contributed by atoms with van der Waals surface area (Å²) < 4.78 is 32.5. The van der Waals surface area contributed by atoms with Crippen LogP contribution in [0.3, 0.4) is 0 Å². The van der Waals surface area contributed by atoms with Crippen molar-refractivity contribution in [2.75, 3.05) is 31.2 Å². The molecular weight excluding hydrogens is 352 g/mol. The molecule has 0 spiro atoms. The minimum Gasteiger partial charge on any atom is -0.382 e.